The molecule has 0 saturated heterocycles. The largest absolute Gasteiger partial charge is 0.481 e. The van der Waals surface area contributed by atoms with E-state index in [0.29, 0.717) is 0 Å². The van der Waals surface area contributed by atoms with E-state index < -0.39 is 23.8 Å². The smallest absolute Gasteiger partial charge is 0.307 e. The topological polar surface area (TPSA) is 95.5 Å². The zero-order valence-corrected chi connectivity index (χ0v) is 11.9. The highest BCUT2D eigenvalue weighted by Gasteiger charge is 2.51. The Balaban J connectivity index is 1.62. The summed E-state index contributed by atoms with van der Waals surface area (Å²) in [5.41, 5.74) is 0. The average Bonchev–Trinajstić information content (AvgIpc) is 3.00. The number of carboxylic acids is 1. The number of rotatable bonds is 5. The Morgan fingerprint density at radius 2 is 1.76 bits per heavy atom. The van der Waals surface area contributed by atoms with E-state index in [1.165, 1.54) is 0 Å². The lowest BCUT2D eigenvalue weighted by Crippen LogP contribution is -2.49. The van der Waals surface area contributed by atoms with Crippen molar-refractivity contribution in [3.05, 3.63) is 12.2 Å². The molecular formula is C15H20N2O4. The molecular weight excluding hydrogens is 272 g/mol. The third kappa shape index (κ3) is 2.66. The summed E-state index contributed by atoms with van der Waals surface area (Å²) in [4.78, 5) is 35.6. The zero-order valence-electron chi connectivity index (χ0n) is 11.9. The first-order valence-electron chi connectivity index (χ1n) is 7.49. The lowest BCUT2D eigenvalue weighted by Gasteiger charge is -2.25. The molecule has 3 aliphatic rings. The maximum absolute atomic E-state index is 12.4. The molecule has 3 aliphatic carbocycles. The van der Waals surface area contributed by atoms with E-state index >= 15 is 0 Å². The van der Waals surface area contributed by atoms with E-state index in [2.05, 4.69) is 10.6 Å². The van der Waals surface area contributed by atoms with Gasteiger partial charge in [-0.25, -0.2) is 0 Å². The molecule has 5 unspecified atom stereocenters. The third-order valence-electron chi connectivity index (χ3n) is 4.72. The fraction of sp³-hybridized carbons (Fsp3) is 0.667. The first-order chi connectivity index (χ1) is 9.97. The normalized spacial score (nSPS) is 34.5. The van der Waals surface area contributed by atoms with Crippen LogP contribution < -0.4 is 10.6 Å². The van der Waals surface area contributed by atoms with Crippen LogP contribution in [0, 0.1) is 23.7 Å². The van der Waals surface area contributed by atoms with Gasteiger partial charge in [0.15, 0.2) is 0 Å². The van der Waals surface area contributed by atoms with Gasteiger partial charge in [0.1, 0.15) is 6.04 Å². The first-order valence-corrected chi connectivity index (χ1v) is 7.49. The van der Waals surface area contributed by atoms with Crippen LogP contribution in [0.3, 0.4) is 0 Å². The summed E-state index contributed by atoms with van der Waals surface area (Å²) in [7, 11) is 0. The molecule has 2 saturated carbocycles. The van der Waals surface area contributed by atoms with Gasteiger partial charge < -0.3 is 15.7 Å². The predicted octanol–water partition coefficient (Wildman–Crippen LogP) is 0.293. The molecule has 0 spiro atoms. The van der Waals surface area contributed by atoms with Gasteiger partial charge in [-0.2, -0.15) is 0 Å². The summed E-state index contributed by atoms with van der Waals surface area (Å²) >= 11 is 0. The maximum atomic E-state index is 12.4. The van der Waals surface area contributed by atoms with E-state index in [4.69, 9.17) is 0 Å². The standard InChI is InChI=1S/C15H20N2O4/c1-7(13(18)17-10-4-5-10)16-14(19)11-8-2-3-9(6-8)12(11)15(20)21/h2-3,7-12H,4-6H2,1H3,(H,16,19)(H,17,18)(H,20,21). The summed E-state index contributed by atoms with van der Waals surface area (Å²) in [5, 5.41) is 14.8. The van der Waals surface area contributed by atoms with Crippen molar-refractivity contribution >= 4 is 17.8 Å². The lowest BCUT2D eigenvalue weighted by atomic mass is 9.82. The van der Waals surface area contributed by atoms with Crippen molar-refractivity contribution in [2.45, 2.75) is 38.3 Å². The minimum absolute atomic E-state index is 0.0187. The average molecular weight is 292 g/mol. The fourth-order valence-electron chi connectivity index (χ4n) is 3.45. The van der Waals surface area contributed by atoms with Gasteiger partial charge in [-0.3, -0.25) is 14.4 Å². The van der Waals surface area contributed by atoms with Crippen molar-refractivity contribution in [3.63, 3.8) is 0 Å². The van der Waals surface area contributed by atoms with Crippen molar-refractivity contribution in [2.75, 3.05) is 0 Å². The van der Waals surface area contributed by atoms with Crippen LogP contribution in [0.4, 0.5) is 0 Å². The van der Waals surface area contributed by atoms with Crippen LogP contribution in [0.2, 0.25) is 0 Å². The molecule has 114 valence electrons. The van der Waals surface area contributed by atoms with Crippen LogP contribution in [0.1, 0.15) is 26.2 Å². The molecule has 0 aliphatic heterocycles. The Bertz CT molecular complexity index is 512. The molecule has 2 amide bonds. The minimum Gasteiger partial charge on any atom is -0.481 e. The van der Waals surface area contributed by atoms with Gasteiger partial charge in [0, 0.05) is 6.04 Å². The van der Waals surface area contributed by atoms with Gasteiger partial charge in [-0.1, -0.05) is 12.2 Å². The second kappa shape index (κ2) is 5.16. The van der Waals surface area contributed by atoms with Gasteiger partial charge in [0.05, 0.1) is 11.8 Å². The van der Waals surface area contributed by atoms with E-state index in [0.717, 1.165) is 19.3 Å². The monoisotopic (exact) mass is 292 g/mol. The van der Waals surface area contributed by atoms with Gasteiger partial charge >= 0.3 is 5.97 Å². The number of nitrogens with one attached hydrogen (secondary N) is 2. The highest BCUT2D eigenvalue weighted by Crippen LogP contribution is 2.48. The van der Waals surface area contributed by atoms with Crippen LogP contribution in [-0.4, -0.2) is 35.0 Å². The lowest BCUT2D eigenvalue weighted by molar-refractivity contribution is -0.148. The van der Waals surface area contributed by atoms with E-state index in [9.17, 15) is 19.5 Å². The molecule has 0 aromatic carbocycles. The summed E-state index contributed by atoms with van der Waals surface area (Å²) in [6, 6.07) is -0.385. The van der Waals surface area contributed by atoms with Gasteiger partial charge in [-0.15, -0.1) is 0 Å². The summed E-state index contributed by atoms with van der Waals surface area (Å²) in [6.07, 6.45) is 6.53. The number of carbonyl (C=O) groups is 3. The van der Waals surface area contributed by atoms with Crippen LogP contribution in [0.5, 0.6) is 0 Å². The van der Waals surface area contributed by atoms with E-state index in [1.807, 2.05) is 12.2 Å². The summed E-state index contributed by atoms with van der Waals surface area (Å²) in [6.45, 7) is 1.63. The fourth-order valence-corrected chi connectivity index (χ4v) is 3.45. The number of hydrogen-bond donors (Lipinski definition) is 3. The minimum atomic E-state index is -0.929. The molecule has 3 N–H and O–H groups in total. The number of hydrogen-bond acceptors (Lipinski definition) is 3. The van der Waals surface area contributed by atoms with Gasteiger partial charge in [-0.05, 0) is 38.0 Å². The van der Waals surface area contributed by atoms with E-state index in [-0.39, 0.29) is 29.7 Å². The molecule has 6 nitrogen and oxygen atoms in total. The Hall–Kier alpha value is -1.85. The second-order valence-corrected chi connectivity index (χ2v) is 6.35. The Labute approximate surface area is 123 Å². The molecule has 0 radical (unpaired) electrons. The number of carboxylic acid groups (broad SMARTS) is 1. The van der Waals surface area contributed by atoms with E-state index in [1.54, 1.807) is 6.92 Å². The molecule has 2 fully saturated rings. The molecule has 3 rings (SSSR count). The van der Waals surface area contributed by atoms with Crippen molar-refractivity contribution in [1.82, 2.24) is 10.6 Å². The Kier molecular flexibility index (Phi) is 3.47. The highest BCUT2D eigenvalue weighted by molar-refractivity contribution is 5.91. The Morgan fingerprint density at radius 1 is 1.14 bits per heavy atom. The summed E-state index contributed by atoms with van der Waals surface area (Å²) < 4.78 is 0. The summed E-state index contributed by atoms with van der Waals surface area (Å²) in [5.74, 6) is -2.75. The number of aliphatic carboxylic acids is 1. The van der Waals surface area contributed by atoms with Crippen LogP contribution in [-0.2, 0) is 14.4 Å². The zero-order chi connectivity index (χ0) is 15.1. The highest BCUT2D eigenvalue weighted by atomic mass is 16.4. The number of amides is 2. The van der Waals surface area contributed by atoms with Crippen LogP contribution in [0.25, 0.3) is 0 Å². The van der Waals surface area contributed by atoms with Gasteiger partial charge in [0.25, 0.3) is 0 Å². The predicted molar refractivity (Wildman–Crippen MR) is 74.1 cm³/mol. The quantitative estimate of drug-likeness (QED) is 0.635. The molecule has 2 bridgehead atoms. The van der Waals surface area contributed by atoms with Crippen molar-refractivity contribution in [3.8, 4) is 0 Å². The molecule has 5 atom stereocenters. The van der Waals surface area contributed by atoms with Crippen LogP contribution in [0.15, 0.2) is 12.2 Å². The number of allylic oxidation sites excluding steroid dienone is 2. The van der Waals surface area contributed by atoms with Crippen molar-refractivity contribution in [1.29, 1.82) is 0 Å². The van der Waals surface area contributed by atoms with Crippen LogP contribution >= 0.6 is 0 Å². The third-order valence-corrected chi connectivity index (χ3v) is 4.72. The second-order valence-electron chi connectivity index (χ2n) is 6.35. The molecule has 0 aromatic rings. The van der Waals surface area contributed by atoms with Gasteiger partial charge in [0.2, 0.25) is 11.8 Å². The molecule has 0 heterocycles. The number of fused-ring (bicyclic) bond motifs is 2. The first kappa shape index (κ1) is 14.1. The molecule has 21 heavy (non-hydrogen) atoms. The molecule has 0 aromatic heterocycles. The SMILES string of the molecule is CC(NC(=O)C1C2C=CC(C2)C1C(=O)O)C(=O)NC1CC1. The maximum Gasteiger partial charge on any atom is 0.307 e. The van der Waals surface area contributed by atoms with Crippen molar-refractivity contribution < 1.29 is 19.5 Å². The Morgan fingerprint density at radius 3 is 2.33 bits per heavy atom. The number of carbonyl (C=O) groups excluding carboxylic acids is 2. The van der Waals surface area contributed by atoms with Crippen molar-refractivity contribution in [2.24, 2.45) is 23.7 Å². The molecule has 6 heteroatoms.